The summed E-state index contributed by atoms with van der Waals surface area (Å²) in [6.45, 7) is 1.19. The van der Waals surface area contributed by atoms with Crippen molar-refractivity contribution in [2.75, 3.05) is 26.4 Å². The lowest BCUT2D eigenvalue weighted by Gasteiger charge is -2.05. The molecule has 6 heteroatoms. The number of hydrogen-bond acceptors (Lipinski definition) is 4. The first-order valence-electron chi connectivity index (χ1n) is 5.32. The molecular formula is C11H15FN2O3. The first kappa shape index (κ1) is 13.5. The number of pyridine rings is 1. The summed E-state index contributed by atoms with van der Waals surface area (Å²) in [5, 5.41) is 11.1. The van der Waals surface area contributed by atoms with Crippen LogP contribution >= 0.6 is 0 Å². The predicted octanol–water partition coefficient (Wildman–Crippen LogP) is 0.349. The van der Waals surface area contributed by atoms with Crippen molar-refractivity contribution in [2.45, 2.75) is 6.42 Å². The van der Waals surface area contributed by atoms with Crippen LogP contribution in [0.4, 0.5) is 4.39 Å². The predicted molar refractivity (Wildman–Crippen MR) is 59.1 cm³/mol. The van der Waals surface area contributed by atoms with Gasteiger partial charge in [-0.1, -0.05) is 0 Å². The Bertz CT molecular complexity index is 360. The van der Waals surface area contributed by atoms with E-state index in [1.54, 1.807) is 0 Å². The number of nitrogens with zero attached hydrogens (tertiary/aromatic N) is 1. The van der Waals surface area contributed by atoms with E-state index in [9.17, 15) is 9.18 Å². The highest BCUT2D eigenvalue weighted by molar-refractivity contribution is 5.93. The Hall–Kier alpha value is -1.53. The molecule has 1 heterocycles. The normalized spacial score (nSPS) is 10.2. The van der Waals surface area contributed by atoms with Gasteiger partial charge < -0.3 is 15.2 Å². The summed E-state index contributed by atoms with van der Waals surface area (Å²) < 4.78 is 17.7. The van der Waals surface area contributed by atoms with Gasteiger partial charge in [-0.15, -0.1) is 0 Å². The van der Waals surface area contributed by atoms with Crippen LogP contribution in [0.5, 0.6) is 0 Å². The van der Waals surface area contributed by atoms with Gasteiger partial charge in [-0.25, -0.2) is 4.98 Å². The highest BCUT2D eigenvalue weighted by Gasteiger charge is 2.05. The molecule has 0 aliphatic heterocycles. The number of rotatable bonds is 7. The van der Waals surface area contributed by atoms with Crippen LogP contribution in [0.1, 0.15) is 16.8 Å². The van der Waals surface area contributed by atoms with Crippen molar-refractivity contribution in [3.8, 4) is 0 Å². The van der Waals surface area contributed by atoms with Crippen molar-refractivity contribution < 1.29 is 19.0 Å². The summed E-state index contributed by atoms with van der Waals surface area (Å²) >= 11 is 0. The molecule has 0 bridgehead atoms. The second-order valence-corrected chi connectivity index (χ2v) is 3.31. The van der Waals surface area contributed by atoms with E-state index in [-0.39, 0.29) is 18.1 Å². The molecule has 1 aromatic heterocycles. The SMILES string of the molecule is O=C(NCCCOCCO)c1ccnc(F)c1. The molecule has 0 saturated carbocycles. The van der Waals surface area contributed by atoms with E-state index in [0.29, 0.717) is 26.2 Å². The van der Waals surface area contributed by atoms with Gasteiger partial charge in [0.25, 0.3) is 5.91 Å². The topological polar surface area (TPSA) is 71.5 Å². The van der Waals surface area contributed by atoms with Crippen LogP contribution in [0, 0.1) is 5.95 Å². The Labute approximate surface area is 98.6 Å². The lowest BCUT2D eigenvalue weighted by molar-refractivity contribution is 0.0867. The number of hydrogen-bond donors (Lipinski definition) is 2. The number of aliphatic hydroxyl groups excluding tert-OH is 1. The molecule has 1 rings (SSSR count). The van der Waals surface area contributed by atoms with Crippen molar-refractivity contribution in [3.63, 3.8) is 0 Å². The maximum atomic E-state index is 12.7. The standard InChI is InChI=1S/C11H15FN2O3/c12-10-8-9(2-4-13-10)11(16)14-3-1-6-17-7-5-15/h2,4,8,15H,1,3,5-7H2,(H,14,16). The van der Waals surface area contributed by atoms with Crippen molar-refractivity contribution in [1.29, 1.82) is 0 Å². The summed E-state index contributed by atoms with van der Waals surface area (Å²) in [7, 11) is 0. The van der Waals surface area contributed by atoms with Crippen LogP contribution in [-0.2, 0) is 4.74 Å². The number of carbonyl (C=O) groups is 1. The third-order valence-electron chi connectivity index (χ3n) is 1.98. The van der Waals surface area contributed by atoms with Gasteiger partial charge >= 0.3 is 0 Å². The number of aliphatic hydroxyl groups is 1. The zero-order valence-corrected chi connectivity index (χ0v) is 9.36. The summed E-state index contributed by atoms with van der Waals surface area (Å²) in [5.74, 6) is -1.02. The van der Waals surface area contributed by atoms with Crippen LogP contribution < -0.4 is 5.32 Å². The van der Waals surface area contributed by atoms with Gasteiger partial charge in [-0.05, 0) is 12.5 Å². The van der Waals surface area contributed by atoms with Crippen LogP contribution in [0.2, 0.25) is 0 Å². The molecule has 0 atom stereocenters. The minimum absolute atomic E-state index is 0.0113. The molecule has 0 saturated heterocycles. The van der Waals surface area contributed by atoms with Crippen LogP contribution in [0.3, 0.4) is 0 Å². The van der Waals surface area contributed by atoms with Crippen molar-refractivity contribution in [3.05, 3.63) is 29.8 Å². The molecule has 5 nitrogen and oxygen atoms in total. The van der Waals surface area contributed by atoms with E-state index >= 15 is 0 Å². The average molecular weight is 242 g/mol. The first-order chi connectivity index (χ1) is 8.24. The quantitative estimate of drug-likeness (QED) is 0.534. The summed E-state index contributed by atoms with van der Waals surface area (Å²) in [6, 6.07) is 2.53. The third-order valence-corrected chi connectivity index (χ3v) is 1.98. The second kappa shape index (κ2) is 7.70. The minimum atomic E-state index is -0.677. The highest BCUT2D eigenvalue weighted by Crippen LogP contribution is 1.99. The zero-order chi connectivity index (χ0) is 12.5. The van der Waals surface area contributed by atoms with Crippen LogP contribution in [-0.4, -0.2) is 42.4 Å². The summed E-state index contributed by atoms with van der Waals surface area (Å²) in [4.78, 5) is 14.9. The van der Waals surface area contributed by atoms with E-state index in [0.717, 1.165) is 6.07 Å². The Kier molecular flexibility index (Phi) is 6.13. The van der Waals surface area contributed by atoms with E-state index in [2.05, 4.69) is 10.3 Å². The van der Waals surface area contributed by atoms with Gasteiger partial charge in [-0.3, -0.25) is 4.79 Å². The Morgan fingerprint density at radius 1 is 1.53 bits per heavy atom. The molecule has 0 aromatic carbocycles. The lowest BCUT2D eigenvalue weighted by Crippen LogP contribution is -2.25. The fourth-order valence-electron chi connectivity index (χ4n) is 1.19. The van der Waals surface area contributed by atoms with E-state index in [1.165, 1.54) is 12.3 Å². The average Bonchev–Trinajstić information content (AvgIpc) is 2.33. The molecule has 0 spiro atoms. The number of ether oxygens (including phenoxy) is 1. The van der Waals surface area contributed by atoms with Gasteiger partial charge in [-0.2, -0.15) is 4.39 Å². The molecule has 17 heavy (non-hydrogen) atoms. The van der Waals surface area contributed by atoms with Gasteiger partial charge in [0.05, 0.1) is 13.2 Å². The number of carbonyl (C=O) groups excluding carboxylic acids is 1. The molecule has 94 valence electrons. The third kappa shape index (κ3) is 5.37. The molecule has 1 amide bonds. The van der Waals surface area contributed by atoms with Gasteiger partial charge in [0.15, 0.2) is 0 Å². The smallest absolute Gasteiger partial charge is 0.251 e. The second-order valence-electron chi connectivity index (χ2n) is 3.31. The van der Waals surface area contributed by atoms with Crippen LogP contribution in [0.25, 0.3) is 0 Å². The summed E-state index contributed by atoms with van der Waals surface area (Å²) in [6.07, 6.45) is 1.88. The van der Waals surface area contributed by atoms with E-state index < -0.39 is 5.95 Å². The monoisotopic (exact) mass is 242 g/mol. The molecule has 0 radical (unpaired) electrons. The maximum Gasteiger partial charge on any atom is 0.251 e. The van der Waals surface area contributed by atoms with Crippen molar-refractivity contribution in [2.24, 2.45) is 0 Å². The van der Waals surface area contributed by atoms with Crippen molar-refractivity contribution in [1.82, 2.24) is 10.3 Å². The number of nitrogens with one attached hydrogen (secondary N) is 1. The molecular weight excluding hydrogens is 227 g/mol. The number of aromatic nitrogens is 1. The van der Waals surface area contributed by atoms with Gasteiger partial charge in [0.2, 0.25) is 5.95 Å². The molecule has 0 aliphatic rings. The Balaban J connectivity index is 2.21. The molecule has 0 fully saturated rings. The zero-order valence-electron chi connectivity index (χ0n) is 9.36. The highest BCUT2D eigenvalue weighted by atomic mass is 19.1. The lowest BCUT2D eigenvalue weighted by atomic mass is 10.2. The van der Waals surface area contributed by atoms with Crippen molar-refractivity contribution >= 4 is 5.91 Å². The Morgan fingerprint density at radius 2 is 2.35 bits per heavy atom. The van der Waals surface area contributed by atoms with Gasteiger partial charge in [0.1, 0.15) is 0 Å². The Morgan fingerprint density at radius 3 is 3.06 bits per heavy atom. The number of halogens is 1. The maximum absolute atomic E-state index is 12.7. The fourth-order valence-corrected chi connectivity index (χ4v) is 1.19. The first-order valence-corrected chi connectivity index (χ1v) is 5.32. The molecule has 0 aliphatic carbocycles. The van der Waals surface area contributed by atoms with Crippen LogP contribution in [0.15, 0.2) is 18.3 Å². The minimum Gasteiger partial charge on any atom is -0.394 e. The van der Waals surface area contributed by atoms with Gasteiger partial charge in [0, 0.05) is 31.0 Å². The molecule has 0 unspecified atom stereocenters. The number of amides is 1. The fraction of sp³-hybridized carbons (Fsp3) is 0.455. The molecule has 2 N–H and O–H groups in total. The summed E-state index contributed by atoms with van der Waals surface area (Å²) in [5.41, 5.74) is 0.244. The van der Waals surface area contributed by atoms with E-state index in [4.69, 9.17) is 9.84 Å². The van der Waals surface area contributed by atoms with E-state index in [1.807, 2.05) is 0 Å². The molecule has 1 aromatic rings. The largest absolute Gasteiger partial charge is 0.394 e.